The molecule has 0 atom stereocenters. The molecule has 0 aliphatic rings. The molecule has 15 heavy (non-hydrogen) atoms. The molecule has 0 aliphatic carbocycles. The van der Waals surface area contributed by atoms with Crippen molar-refractivity contribution in [3.05, 3.63) is 12.1 Å². The molecule has 0 nitrogen and oxygen atoms in total. The van der Waals surface area contributed by atoms with Gasteiger partial charge in [0.2, 0.25) is 0 Å². The second kappa shape index (κ2) is 9.32. The van der Waals surface area contributed by atoms with E-state index in [0.29, 0.717) is 0 Å². The van der Waals surface area contributed by atoms with Crippen LogP contribution in [-0.2, 0) is 0 Å². The predicted octanol–water partition coefficient (Wildman–Crippen LogP) is 2.84. The summed E-state index contributed by atoms with van der Waals surface area (Å²) in [6.45, 7) is 4.59. The number of rotatable bonds is 8. The molecule has 0 saturated heterocycles. The van der Waals surface area contributed by atoms with Gasteiger partial charge in [-0.15, -0.1) is 0 Å². The standard InChI is InChI=1S/C12H20STe2/c1-3-5-9-14-11-7-8-12(13-11)15-10-6-4-2/h7-8H,3-6,9-10H2,1-2H3. The van der Waals surface area contributed by atoms with Crippen molar-refractivity contribution in [3.8, 4) is 0 Å². The first-order valence-electron chi connectivity index (χ1n) is 5.72. The third kappa shape index (κ3) is 6.55. The minimum absolute atomic E-state index is 0.187. The fourth-order valence-corrected chi connectivity index (χ4v) is 11.4. The van der Waals surface area contributed by atoms with Crippen LogP contribution in [0.15, 0.2) is 12.1 Å². The summed E-state index contributed by atoms with van der Waals surface area (Å²) >= 11 is 2.52. The van der Waals surface area contributed by atoms with Gasteiger partial charge in [-0.3, -0.25) is 0 Å². The van der Waals surface area contributed by atoms with Crippen LogP contribution >= 0.6 is 11.3 Å². The summed E-state index contributed by atoms with van der Waals surface area (Å²) in [5.41, 5.74) is 0. The molecule has 0 saturated carbocycles. The molecule has 1 heterocycles. The van der Waals surface area contributed by atoms with E-state index in [4.69, 9.17) is 0 Å². The molecule has 0 unspecified atom stereocenters. The van der Waals surface area contributed by atoms with Crippen molar-refractivity contribution in [2.75, 3.05) is 0 Å². The van der Waals surface area contributed by atoms with E-state index < -0.39 is 0 Å². The van der Waals surface area contributed by atoms with Crippen LogP contribution in [0.4, 0.5) is 0 Å². The fourth-order valence-electron chi connectivity index (χ4n) is 1.09. The van der Waals surface area contributed by atoms with E-state index in [0.717, 1.165) is 0 Å². The van der Waals surface area contributed by atoms with Crippen LogP contribution in [0.5, 0.6) is 0 Å². The summed E-state index contributed by atoms with van der Waals surface area (Å²) in [4.78, 5) is 0. The molecule has 1 aromatic rings. The van der Waals surface area contributed by atoms with Crippen LogP contribution in [0.3, 0.4) is 0 Å². The Hall–Kier alpha value is 1.28. The Morgan fingerprint density at radius 1 is 0.933 bits per heavy atom. The van der Waals surface area contributed by atoms with E-state index in [-0.39, 0.29) is 41.8 Å². The van der Waals surface area contributed by atoms with Crippen molar-refractivity contribution in [2.45, 2.75) is 48.5 Å². The zero-order valence-corrected chi connectivity index (χ0v) is 15.1. The van der Waals surface area contributed by atoms with Crippen LogP contribution in [0.1, 0.15) is 39.5 Å². The van der Waals surface area contributed by atoms with Crippen LogP contribution in [0.2, 0.25) is 8.94 Å². The molecule has 86 valence electrons. The third-order valence-electron chi connectivity index (χ3n) is 2.04. The Labute approximate surface area is 118 Å². The average Bonchev–Trinajstić information content (AvgIpc) is 2.67. The van der Waals surface area contributed by atoms with E-state index in [1.165, 1.54) is 34.6 Å². The molecule has 0 radical (unpaired) electrons. The first-order valence-corrected chi connectivity index (χ1v) is 12.2. The first-order chi connectivity index (χ1) is 7.36. The normalized spacial score (nSPS) is 10.8. The Bertz CT molecular complexity index is 233. The molecule has 1 rings (SSSR count). The van der Waals surface area contributed by atoms with Crippen molar-refractivity contribution >= 4 is 59.0 Å². The van der Waals surface area contributed by atoms with Crippen LogP contribution < -0.4 is 5.85 Å². The van der Waals surface area contributed by atoms with E-state index in [1.54, 1.807) is 5.85 Å². The molecular formula is C12H20STe2. The number of unbranched alkanes of at least 4 members (excludes halogenated alkanes) is 2. The maximum absolute atomic E-state index is 2.43. The molecule has 0 aromatic carbocycles. The molecule has 0 spiro atoms. The summed E-state index contributed by atoms with van der Waals surface area (Å²) in [6.07, 6.45) is 5.63. The van der Waals surface area contributed by atoms with Gasteiger partial charge in [0.1, 0.15) is 0 Å². The quantitative estimate of drug-likeness (QED) is 0.421. The van der Waals surface area contributed by atoms with Gasteiger partial charge in [-0.05, 0) is 0 Å². The number of hydrogen-bond acceptors (Lipinski definition) is 1. The van der Waals surface area contributed by atoms with Gasteiger partial charge in [0.05, 0.1) is 0 Å². The van der Waals surface area contributed by atoms with Crippen molar-refractivity contribution in [2.24, 2.45) is 0 Å². The van der Waals surface area contributed by atoms with Gasteiger partial charge in [0.25, 0.3) is 0 Å². The predicted molar refractivity (Wildman–Crippen MR) is 74.5 cm³/mol. The molecular weight excluding hydrogens is 431 g/mol. The van der Waals surface area contributed by atoms with Gasteiger partial charge in [0, 0.05) is 0 Å². The molecule has 0 bridgehead atoms. The van der Waals surface area contributed by atoms with Crippen molar-refractivity contribution < 1.29 is 0 Å². The molecule has 0 fully saturated rings. The van der Waals surface area contributed by atoms with Crippen LogP contribution in [-0.4, -0.2) is 41.8 Å². The number of thiophene rings is 1. The Kier molecular flexibility index (Phi) is 8.91. The SMILES string of the molecule is CCCC[Te]c1ccc([Te]CCCC)s1. The zero-order chi connectivity index (χ0) is 10.9. The summed E-state index contributed by atoms with van der Waals surface area (Å²) in [6, 6.07) is 4.85. The summed E-state index contributed by atoms with van der Waals surface area (Å²) in [5.74, 6) is 0. The summed E-state index contributed by atoms with van der Waals surface area (Å²) < 4.78 is 6.53. The van der Waals surface area contributed by atoms with E-state index in [9.17, 15) is 0 Å². The third-order valence-corrected chi connectivity index (χ3v) is 10.9. The topological polar surface area (TPSA) is 0 Å². The van der Waals surface area contributed by atoms with E-state index >= 15 is 0 Å². The summed E-state index contributed by atoms with van der Waals surface area (Å²) in [7, 11) is 0. The van der Waals surface area contributed by atoms with Gasteiger partial charge < -0.3 is 0 Å². The Morgan fingerprint density at radius 2 is 1.40 bits per heavy atom. The average molecular weight is 452 g/mol. The van der Waals surface area contributed by atoms with E-state index in [1.807, 2.05) is 0 Å². The number of hydrogen-bond donors (Lipinski definition) is 0. The fraction of sp³-hybridized carbons (Fsp3) is 0.667. The summed E-state index contributed by atoms with van der Waals surface area (Å²) in [5, 5.41) is 0. The monoisotopic (exact) mass is 456 g/mol. The van der Waals surface area contributed by atoms with Gasteiger partial charge in [-0.1, -0.05) is 0 Å². The van der Waals surface area contributed by atoms with Crippen molar-refractivity contribution in [1.82, 2.24) is 0 Å². The molecule has 0 aliphatic heterocycles. The van der Waals surface area contributed by atoms with Crippen LogP contribution in [0, 0.1) is 0 Å². The van der Waals surface area contributed by atoms with Gasteiger partial charge in [-0.2, -0.15) is 0 Å². The molecule has 0 N–H and O–H groups in total. The second-order valence-corrected chi connectivity index (χ2v) is 12.7. The molecule has 1 aromatic heterocycles. The zero-order valence-electron chi connectivity index (χ0n) is 9.62. The Balaban J connectivity index is 2.23. The molecule has 0 amide bonds. The minimum atomic E-state index is 0.187. The van der Waals surface area contributed by atoms with Gasteiger partial charge >= 0.3 is 120 Å². The molecule has 3 heteroatoms. The van der Waals surface area contributed by atoms with Gasteiger partial charge in [0.15, 0.2) is 0 Å². The van der Waals surface area contributed by atoms with Crippen molar-refractivity contribution in [1.29, 1.82) is 0 Å². The van der Waals surface area contributed by atoms with Crippen molar-refractivity contribution in [3.63, 3.8) is 0 Å². The van der Waals surface area contributed by atoms with Crippen LogP contribution in [0.25, 0.3) is 0 Å². The van der Waals surface area contributed by atoms with Gasteiger partial charge in [-0.25, -0.2) is 0 Å². The Morgan fingerprint density at radius 3 is 1.80 bits per heavy atom. The first kappa shape index (κ1) is 14.3. The maximum atomic E-state index is 2.43. The van der Waals surface area contributed by atoms with E-state index in [2.05, 4.69) is 37.3 Å². The second-order valence-electron chi connectivity index (χ2n) is 3.48.